The summed E-state index contributed by atoms with van der Waals surface area (Å²) in [6, 6.07) is 86.3. The molecule has 72 heavy (non-hydrogen) atoms. The Labute approximate surface area is 418 Å². The largest absolute Gasteiger partial charge is 0.309 e. The van der Waals surface area contributed by atoms with Gasteiger partial charge in [-0.2, -0.15) is 0 Å². The maximum atomic E-state index is 2.52. The number of hydrogen-bond acceptors (Lipinski definition) is 0. The van der Waals surface area contributed by atoms with E-state index in [1.165, 1.54) is 131 Å². The molecule has 0 fully saturated rings. The molecule has 0 saturated carbocycles. The van der Waals surface area contributed by atoms with Gasteiger partial charge in [-0.15, -0.1) is 0 Å². The lowest BCUT2D eigenvalue weighted by atomic mass is 9.58. The molecule has 0 spiro atoms. The van der Waals surface area contributed by atoms with Gasteiger partial charge in [0.2, 0.25) is 0 Å². The van der Waals surface area contributed by atoms with E-state index in [2.05, 4.69) is 267 Å². The van der Waals surface area contributed by atoms with Gasteiger partial charge < -0.3 is 9.13 Å². The lowest BCUT2D eigenvalue weighted by Gasteiger charge is -2.45. The summed E-state index contributed by atoms with van der Waals surface area (Å²) in [6.07, 6.45) is 0. The van der Waals surface area contributed by atoms with E-state index in [1.807, 2.05) is 0 Å². The number of rotatable bonds is 4. The van der Waals surface area contributed by atoms with Gasteiger partial charge in [-0.05, 0) is 148 Å². The Morgan fingerprint density at radius 1 is 0.278 bits per heavy atom. The molecule has 0 saturated heterocycles. The SMILES string of the molecule is CC1(C)c2ccc3c(c2C(C)(C)c2ccc4c(c21)c1ccccc1n4-c1cccc(-c2cc4ccccc4c4ccccc24)c1)c1ccccc1n3-c1cccc(-c2cc3ccccc3c3ccccc23)c1. The van der Waals surface area contributed by atoms with Crippen molar-refractivity contribution in [1.29, 1.82) is 0 Å². The van der Waals surface area contributed by atoms with Crippen molar-refractivity contribution in [2.45, 2.75) is 38.5 Å². The number of hydrogen-bond donors (Lipinski definition) is 0. The van der Waals surface area contributed by atoms with E-state index in [1.54, 1.807) is 0 Å². The molecule has 2 nitrogen and oxygen atoms in total. The molecule has 0 amide bonds. The summed E-state index contributed by atoms with van der Waals surface area (Å²) < 4.78 is 5.03. The molecule has 0 N–H and O–H groups in total. The number of benzene rings is 12. The Bertz CT molecular complexity index is 4330. The van der Waals surface area contributed by atoms with E-state index in [4.69, 9.17) is 0 Å². The molecule has 15 rings (SSSR count). The first-order chi connectivity index (χ1) is 35.3. The quantitative estimate of drug-likeness (QED) is 0.156. The smallest absolute Gasteiger partial charge is 0.0544 e. The Balaban J connectivity index is 0.924. The van der Waals surface area contributed by atoms with Crippen molar-refractivity contribution in [1.82, 2.24) is 9.13 Å². The summed E-state index contributed by atoms with van der Waals surface area (Å²) in [5, 5.41) is 15.5. The predicted octanol–water partition coefficient (Wildman–Crippen LogP) is 18.8. The normalized spacial score (nSPS) is 14.1. The van der Waals surface area contributed by atoms with Gasteiger partial charge in [-0.3, -0.25) is 0 Å². The molecule has 12 aromatic carbocycles. The van der Waals surface area contributed by atoms with Crippen molar-refractivity contribution in [2.24, 2.45) is 0 Å². The second-order valence-corrected chi connectivity index (χ2v) is 21.2. The Kier molecular flexibility index (Phi) is 8.51. The van der Waals surface area contributed by atoms with Gasteiger partial charge in [0.15, 0.2) is 0 Å². The van der Waals surface area contributed by atoms with Crippen molar-refractivity contribution in [2.75, 3.05) is 0 Å². The fourth-order valence-corrected chi connectivity index (χ4v) is 13.5. The van der Waals surface area contributed by atoms with Gasteiger partial charge in [0.05, 0.1) is 22.1 Å². The molecule has 0 unspecified atom stereocenters. The van der Waals surface area contributed by atoms with Crippen molar-refractivity contribution in [3.63, 3.8) is 0 Å². The van der Waals surface area contributed by atoms with Crippen LogP contribution >= 0.6 is 0 Å². The highest BCUT2D eigenvalue weighted by atomic mass is 15.0. The first-order valence-corrected chi connectivity index (χ1v) is 25.4. The minimum absolute atomic E-state index is 0.324. The van der Waals surface area contributed by atoms with E-state index in [9.17, 15) is 0 Å². The van der Waals surface area contributed by atoms with Crippen LogP contribution in [0.3, 0.4) is 0 Å². The number of fused-ring (bicyclic) bond motifs is 16. The molecule has 1 aliphatic rings. The molecule has 1 aliphatic carbocycles. The standard InChI is InChI=1S/C70H50N2/c1-69(2)59-35-37-64-66(56-32-14-16-34-62(56)72(64)48-24-18-22-44(40-48)58-42-46-20-6-8-26-50(46)52-28-10-12-30-54(52)58)68(59)70(3,4)60-36-38-63-65(67(60)69)55-31-13-15-33-61(55)71(63)47-23-17-21-43(39-47)57-41-45-19-5-7-25-49(45)51-27-9-11-29-53(51)57/h5-42H,1-4H3. The zero-order valence-electron chi connectivity index (χ0n) is 40.8. The van der Waals surface area contributed by atoms with Crippen LogP contribution in [0.15, 0.2) is 231 Å². The zero-order valence-corrected chi connectivity index (χ0v) is 40.8. The van der Waals surface area contributed by atoms with Crippen molar-refractivity contribution in [3.8, 4) is 33.6 Å². The zero-order chi connectivity index (χ0) is 48.0. The van der Waals surface area contributed by atoms with Gasteiger partial charge in [0, 0.05) is 43.7 Å². The molecule has 14 aromatic rings. The maximum Gasteiger partial charge on any atom is 0.0544 e. The summed E-state index contributed by atoms with van der Waals surface area (Å²) >= 11 is 0. The molecular formula is C70H50N2. The minimum Gasteiger partial charge on any atom is -0.309 e. The summed E-state index contributed by atoms with van der Waals surface area (Å²) in [5.74, 6) is 0. The first-order valence-electron chi connectivity index (χ1n) is 25.4. The van der Waals surface area contributed by atoms with E-state index in [0.29, 0.717) is 0 Å². The maximum absolute atomic E-state index is 2.52. The van der Waals surface area contributed by atoms with Crippen LogP contribution in [0.1, 0.15) is 49.9 Å². The van der Waals surface area contributed by atoms with Crippen LogP contribution in [-0.4, -0.2) is 9.13 Å². The fourth-order valence-electron chi connectivity index (χ4n) is 13.5. The third-order valence-corrected chi connectivity index (χ3v) is 16.6. The summed E-state index contributed by atoms with van der Waals surface area (Å²) in [7, 11) is 0. The second kappa shape index (κ2) is 14.9. The van der Waals surface area contributed by atoms with Crippen molar-refractivity contribution in [3.05, 3.63) is 253 Å². The van der Waals surface area contributed by atoms with Crippen LogP contribution in [0.5, 0.6) is 0 Å². The van der Waals surface area contributed by atoms with Crippen LogP contribution in [0.2, 0.25) is 0 Å². The molecule has 0 aliphatic heterocycles. The predicted molar refractivity (Wildman–Crippen MR) is 307 cm³/mol. The number of nitrogens with zero attached hydrogens (tertiary/aromatic N) is 2. The van der Waals surface area contributed by atoms with Gasteiger partial charge in [0.1, 0.15) is 0 Å². The average Bonchev–Trinajstić information content (AvgIpc) is 3.95. The minimum atomic E-state index is -0.324. The highest BCUT2D eigenvalue weighted by Crippen LogP contribution is 2.56. The third kappa shape index (κ3) is 5.61. The molecular weight excluding hydrogens is 869 g/mol. The summed E-state index contributed by atoms with van der Waals surface area (Å²) in [4.78, 5) is 0. The lowest BCUT2D eigenvalue weighted by molar-refractivity contribution is 0.529. The third-order valence-electron chi connectivity index (χ3n) is 16.6. The van der Waals surface area contributed by atoms with Gasteiger partial charge >= 0.3 is 0 Å². The molecule has 340 valence electrons. The van der Waals surface area contributed by atoms with E-state index < -0.39 is 0 Å². The number of para-hydroxylation sites is 2. The second-order valence-electron chi connectivity index (χ2n) is 21.2. The van der Waals surface area contributed by atoms with Crippen LogP contribution < -0.4 is 0 Å². The molecule has 0 atom stereocenters. The first kappa shape index (κ1) is 41.1. The molecule has 2 aromatic heterocycles. The molecule has 2 heteroatoms. The molecule has 0 bridgehead atoms. The summed E-state index contributed by atoms with van der Waals surface area (Å²) in [5.41, 5.74) is 17.1. The molecule has 0 radical (unpaired) electrons. The van der Waals surface area contributed by atoms with Crippen LogP contribution in [0.4, 0.5) is 0 Å². The van der Waals surface area contributed by atoms with E-state index >= 15 is 0 Å². The molecule has 2 heterocycles. The highest BCUT2D eigenvalue weighted by Gasteiger charge is 2.45. The Hall–Kier alpha value is -8.72. The number of aromatic nitrogens is 2. The fraction of sp³-hybridized carbons (Fsp3) is 0.0857. The van der Waals surface area contributed by atoms with Crippen LogP contribution in [0.25, 0.3) is 120 Å². The Morgan fingerprint density at radius 2 is 0.639 bits per heavy atom. The van der Waals surface area contributed by atoms with Gasteiger partial charge in [-0.1, -0.05) is 198 Å². The van der Waals surface area contributed by atoms with Gasteiger partial charge in [-0.25, -0.2) is 0 Å². The topological polar surface area (TPSA) is 9.86 Å². The van der Waals surface area contributed by atoms with E-state index in [0.717, 1.165) is 11.4 Å². The summed E-state index contributed by atoms with van der Waals surface area (Å²) in [6.45, 7) is 9.89. The van der Waals surface area contributed by atoms with Crippen molar-refractivity contribution < 1.29 is 0 Å². The Morgan fingerprint density at radius 3 is 1.07 bits per heavy atom. The lowest BCUT2D eigenvalue weighted by Crippen LogP contribution is -2.37. The van der Waals surface area contributed by atoms with Crippen LogP contribution in [-0.2, 0) is 10.8 Å². The van der Waals surface area contributed by atoms with Crippen LogP contribution in [0, 0.1) is 0 Å². The average molecular weight is 919 g/mol. The van der Waals surface area contributed by atoms with Crippen molar-refractivity contribution >= 4 is 86.7 Å². The van der Waals surface area contributed by atoms with Gasteiger partial charge in [0.25, 0.3) is 0 Å². The monoisotopic (exact) mass is 918 g/mol. The van der Waals surface area contributed by atoms with E-state index in [-0.39, 0.29) is 10.8 Å². The highest BCUT2D eigenvalue weighted by molar-refractivity contribution is 6.17.